The summed E-state index contributed by atoms with van der Waals surface area (Å²) in [5.74, 6) is 0. The molecule has 1 rings (SSSR count). The summed E-state index contributed by atoms with van der Waals surface area (Å²) in [5, 5.41) is 18.8. The van der Waals surface area contributed by atoms with Gasteiger partial charge in [0.1, 0.15) is 0 Å². The van der Waals surface area contributed by atoms with Crippen LogP contribution in [0.1, 0.15) is 0 Å². The Kier molecular flexibility index (Phi) is 0.640. The van der Waals surface area contributed by atoms with Crippen LogP contribution >= 0.6 is 0 Å². The molecule has 0 saturated heterocycles. The van der Waals surface area contributed by atoms with Gasteiger partial charge in [0.25, 0.3) is 0 Å². The van der Waals surface area contributed by atoms with Gasteiger partial charge in [0.2, 0.25) is 12.4 Å². The van der Waals surface area contributed by atoms with Gasteiger partial charge in [-0.25, -0.2) is 0 Å². The van der Waals surface area contributed by atoms with E-state index < -0.39 is 0 Å². The van der Waals surface area contributed by atoms with Gasteiger partial charge in [-0.2, -0.15) is 10.3 Å². The SMILES string of the molecule is [O-][NH+]1C=C[NH+]1[O-]. The molecule has 0 fully saturated rings. The van der Waals surface area contributed by atoms with Crippen LogP contribution in [0.15, 0.2) is 12.4 Å². The molecule has 34 valence electrons. The maximum Gasteiger partial charge on any atom is 0.202 e. The third-order valence-electron chi connectivity index (χ3n) is 0.629. The molecule has 4 heteroatoms. The zero-order valence-corrected chi connectivity index (χ0v) is 2.97. The third kappa shape index (κ3) is 0.324. The highest BCUT2D eigenvalue weighted by Gasteiger charge is 2.07. The van der Waals surface area contributed by atoms with Crippen LogP contribution in [-0.4, -0.2) is 0 Å². The smallest absolute Gasteiger partial charge is 0.202 e. The number of quaternary nitrogens is 2. The molecule has 0 spiro atoms. The molecule has 2 N–H and O–H groups in total. The quantitative estimate of drug-likeness (QED) is 0.313. The molecule has 0 bridgehead atoms. The zero-order chi connectivity index (χ0) is 4.57. The predicted octanol–water partition coefficient (Wildman–Crippen LogP) is -2.85. The average molecular weight is 88.1 g/mol. The summed E-state index contributed by atoms with van der Waals surface area (Å²) < 4.78 is 0. The minimum absolute atomic E-state index is 0.380. The van der Waals surface area contributed by atoms with Gasteiger partial charge in [-0.1, -0.05) is 0 Å². The molecule has 0 saturated carbocycles. The van der Waals surface area contributed by atoms with Crippen LogP contribution in [-0.2, 0) is 0 Å². The second-order valence-electron chi connectivity index (χ2n) is 1.06. The van der Waals surface area contributed by atoms with E-state index in [-0.39, 0.29) is 10.3 Å². The Bertz CT molecular complexity index is 71.6. The lowest BCUT2D eigenvalue weighted by Crippen LogP contribution is -3.56. The Hall–Kier alpha value is -0.420. The molecule has 6 heavy (non-hydrogen) atoms. The fourth-order valence-corrected chi connectivity index (χ4v) is 0.219. The summed E-state index contributed by atoms with van der Waals surface area (Å²) in [6, 6.07) is 0. The number of hydrogen-bond acceptors (Lipinski definition) is 2. The summed E-state index contributed by atoms with van der Waals surface area (Å²) >= 11 is 0. The fraction of sp³-hybridized carbons (Fsp3) is 0. The van der Waals surface area contributed by atoms with Crippen molar-refractivity contribution in [2.24, 2.45) is 0 Å². The molecule has 0 aromatic heterocycles. The molecule has 0 radical (unpaired) electrons. The molecule has 4 nitrogen and oxygen atoms in total. The van der Waals surface area contributed by atoms with Crippen molar-refractivity contribution < 1.29 is 10.3 Å². The molecule has 2 atom stereocenters. The van der Waals surface area contributed by atoms with Gasteiger partial charge >= 0.3 is 0 Å². The van der Waals surface area contributed by atoms with Gasteiger partial charge in [0.05, 0.1) is 0 Å². The first-order valence-electron chi connectivity index (χ1n) is 1.57. The molecule has 1 aliphatic heterocycles. The largest absolute Gasteiger partial charge is 0.578 e. The highest BCUT2D eigenvalue weighted by Crippen LogP contribution is 1.45. The zero-order valence-electron chi connectivity index (χ0n) is 2.97. The minimum atomic E-state index is -0.380. The van der Waals surface area contributed by atoms with Crippen LogP contribution in [0.5, 0.6) is 0 Å². The summed E-state index contributed by atoms with van der Waals surface area (Å²) in [4.78, 5) is 0. The van der Waals surface area contributed by atoms with Crippen LogP contribution in [0.3, 0.4) is 0 Å². The summed E-state index contributed by atoms with van der Waals surface area (Å²) in [6.07, 6.45) is 2.50. The standard InChI is InChI=1S/C2H4N2O2/c5-3-1-2-4(3)6/h1-4H. The topological polar surface area (TPSA) is 55.0 Å². The van der Waals surface area contributed by atoms with Crippen LogP contribution in [0.25, 0.3) is 0 Å². The van der Waals surface area contributed by atoms with Crippen molar-refractivity contribution in [3.8, 4) is 0 Å². The summed E-state index contributed by atoms with van der Waals surface area (Å²) in [6.45, 7) is 0. The molecule has 0 aliphatic carbocycles. The van der Waals surface area contributed by atoms with Crippen molar-refractivity contribution in [2.75, 3.05) is 0 Å². The highest BCUT2D eigenvalue weighted by molar-refractivity contribution is 4.58. The Balaban J connectivity index is 2.45. The van der Waals surface area contributed by atoms with E-state index in [4.69, 9.17) is 0 Å². The van der Waals surface area contributed by atoms with Crippen LogP contribution in [0.2, 0.25) is 0 Å². The maximum absolute atomic E-state index is 9.79. The first-order valence-corrected chi connectivity index (χ1v) is 1.57. The van der Waals surface area contributed by atoms with Crippen molar-refractivity contribution >= 4 is 0 Å². The van der Waals surface area contributed by atoms with Gasteiger partial charge in [0, 0.05) is 0 Å². The second-order valence-corrected chi connectivity index (χ2v) is 1.06. The molecule has 2 unspecified atom stereocenters. The van der Waals surface area contributed by atoms with Crippen molar-refractivity contribution in [1.82, 2.24) is 0 Å². The number of hydroxylamine groups is 2. The Labute approximate surface area is 34.4 Å². The molecule has 0 amide bonds. The van der Waals surface area contributed by atoms with Gasteiger partial charge in [-0.05, 0) is 0 Å². The van der Waals surface area contributed by atoms with Crippen LogP contribution in [0, 0.1) is 10.4 Å². The second kappa shape index (κ2) is 1.02. The lowest BCUT2D eigenvalue weighted by atomic mass is 10.8. The van der Waals surface area contributed by atoms with E-state index in [0.29, 0.717) is 0 Å². The highest BCUT2D eigenvalue weighted by atomic mass is 16.7. The summed E-state index contributed by atoms with van der Waals surface area (Å²) in [7, 11) is 0. The van der Waals surface area contributed by atoms with Gasteiger partial charge in [0.15, 0.2) is 0 Å². The van der Waals surface area contributed by atoms with Crippen LogP contribution in [0.4, 0.5) is 0 Å². The van der Waals surface area contributed by atoms with Gasteiger partial charge in [-0.3, -0.25) is 0 Å². The predicted molar refractivity (Wildman–Crippen MR) is 17.8 cm³/mol. The first kappa shape index (κ1) is 3.76. The Morgan fingerprint density at radius 2 is 1.33 bits per heavy atom. The number of hydrogen-bond donors (Lipinski definition) is 2. The third-order valence-corrected chi connectivity index (χ3v) is 0.629. The monoisotopic (exact) mass is 88.0 g/mol. The van der Waals surface area contributed by atoms with Crippen molar-refractivity contribution in [1.29, 1.82) is 0 Å². The van der Waals surface area contributed by atoms with Crippen molar-refractivity contribution in [3.63, 3.8) is 0 Å². The lowest BCUT2D eigenvalue weighted by molar-refractivity contribution is -1.44. The van der Waals surface area contributed by atoms with E-state index in [1.165, 1.54) is 12.4 Å². The molecule has 0 aromatic rings. The average Bonchev–Trinajstić information content (AvgIpc) is 1.61. The Morgan fingerprint density at radius 3 is 1.33 bits per heavy atom. The minimum Gasteiger partial charge on any atom is -0.578 e. The van der Waals surface area contributed by atoms with Gasteiger partial charge < -0.3 is 10.4 Å². The van der Waals surface area contributed by atoms with E-state index in [1.807, 2.05) is 0 Å². The van der Waals surface area contributed by atoms with Crippen molar-refractivity contribution in [2.45, 2.75) is 0 Å². The van der Waals surface area contributed by atoms with E-state index in [0.717, 1.165) is 0 Å². The molecule has 1 heterocycles. The van der Waals surface area contributed by atoms with Crippen molar-refractivity contribution in [3.05, 3.63) is 22.8 Å². The lowest BCUT2D eigenvalue weighted by Gasteiger charge is -2.31. The molecule has 0 aromatic carbocycles. The van der Waals surface area contributed by atoms with E-state index in [9.17, 15) is 10.4 Å². The first-order chi connectivity index (χ1) is 2.80. The Morgan fingerprint density at radius 1 is 1.00 bits per heavy atom. The van der Waals surface area contributed by atoms with E-state index in [2.05, 4.69) is 0 Å². The summed E-state index contributed by atoms with van der Waals surface area (Å²) in [5.41, 5.74) is 0. The molecular weight excluding hydrogens is 84.0 g/mol. The van der Waals surface area contributed by atoms with E-state index in [1.54, 1.807) is 0 Å². The van der Waals surface area contributed by atoms with E-state index >= 15 is 0 Å². The maximum atomic E-state index is 9.79. The normalized spacial score (nSPS) is 42.3. The van der Waals surface area contributed by atoms with Gasteiger partial charge in [-0.15, -0.1) is 0 Å². The van der Waals surface area contributed by atoms with Crippen LogP contribution < -0.4 is 10.3 Å². The fourth-order valence-electron chi connectivity index (χ4n) is 0.219. The number of rotatable bonds is 0. The number of nitrogens with one attached hydrogen (secondary N) is 2. The molecular formula is C2H4N2O2. The molecule has 1 aliphatic rings.